The van der Waals surface area contributed by atoms with Gasteiger partial charge in [-0.1, -0.05) is 55.5 Å². The predicted molar refractivity (Wildman–Crippen MR) is 126 cm³/mol. The lowest BCUT2D eigenvalue weighted by Crippen LogP contribution is -2.35. The number of amides is 1. The third-order valence-corrected chi connectivity index (χ3v) is 6.89. The van der Waals surface area contributed by atoms with Crippen LogP contribution in [-0.2, 0) is 11.2 Å². The maximum Gasteiger partial charge on any atom is 0.283 e. The van der Waals surface area contributed by atoms with Gasteiger partial charge in [0.05, 0.1) is 17.0 Å². The van der Waals surface area contributed by atoms with Gasteiger partial charge in [0, 0.05) is 12.0 Å². The van der Waals surface area contributed by atoms with Gasteiger partial charge < -0.3 is 0 Å². The van der Waals surface area contributed by atoms with Crippen molar-refractivity contribution in [3.63, 3.8) is 0 Å². The number of aromatic nitrogens is 3. The number of aryl methyl sites for hydroxylation is 1. The van der Waals surface area contributed by atoms with Crippen LogP contribution in [-0.4, -0.2) is 41.6 Å². The van der Waals surface area contributed by atoms with Crippen LogP contribution < -0.4 is 0 Å². The summed E-state index contributed by atoms with van der Waals surface area (Å²) in [4.78, 5) is 22.6. The number of benzene rings is 1. The van der Waals surface area contributed by atoms with E-state index in [0.717, 1.165) is 45.5 Å². The summed E-state index contributed by atoms with van der Waals surface area (Å²) in [6, 6.07) is 9.79. The van der Waals surface area contributed by atoms with Crippen LogP contribution >= 0.6 is 23.1 Å². The maximum atomic E-state index is 12.8. The first-order valence-corrected chi connectivity index (χ1v) is 11.6. The summed E-state index contributed by atoms with van der Waals surface area (Å²) >= 11 is 2.88. The fraction of sp³-hybridized carbons (Fsp3) is 0.238. The topological polar surface area (TPSA) is 99.1 Å². The highest BCUT2D eigenvalue weighted by Gasteiger charge is 2.35. The van der Waals surface area contributed by atoms with Crippen molar-refractivity contribution in [3.05, 3.63) is 46.6 Å². The minimum Gasteiger partial charge on any atom is -0.282 e. The van der Waals surface area contributed by atoms with Crippen molar-refractivity contribution in [2.45, 2.75) is 33.1 Å². The standard InChI is InChI=1S/C21H19N7OS2/c1-3-8-16-26-27-14(17(23-20(27)31-16)12-9-6-5-7-10-12)11-13-18(22)28-21(24-19(13)29)30-15(4-2)25-28/h5-7,9-11,22H,3-4,8H2,1-2H3/b13-11-,22-18?. The molecule has 31 heavy (non-hydrogen) atoms. The quantitative estimate of drug-likeness (QED) is 0.581. The number of imidazole rings is 1. The monoisotopic (exact) mass is 449 g/mol. The first kappa shape index (κ1) is 19.8. The number of nitrogens with one attached hydrogen (secondary N) is 1. The smallest absolute Gasteiger partial charge is 0.282 e. The van der Waals surface area contributed by atoms with Crippen LogP contribution in [0.25, 0.3) is 22.3 Å². The normalized spacial score (nSPS) is 17.5. The van der Waals surface area contributed by atoms with E-state index in [-0.39, 0.29) is 11.4 Å². The molecule has 2 aliphatic heterocycles. The lowest BCUT2D eigenvalue weighted by atomic mass is 10.1. The molecule has 1 aromatic carbocycles. The molecule has 0 saturated carbocycles. The Bertz CT molecular complexity index is 1300. The number of hydrazone groups is 1. The van der Waals surface area contributed by atoms with Gasteiger partial charge >= 0.3 is 0 Å². The number of rotatable bonds is 5. The van der Waals surface area contributed by atoms with Crippen molar-refractivity contribution >= 4 is 56.1 Å². The second kappa shape index (κ2) is 7.86. The number of fused-ring (bicyclic) bond motifs is 2. The number of aliphatic imine (C=N–C) groups is 1. The summed E-state index contributed by atoms with van der Waals surface area (Å²) in [7, 11) is 0. The fourth-order valence-corrected chi connectivity index (χ4v) is 5.19. The molecular formula is C21H19N7OS2. The first-order chi connectivity index (χ1) is 15.1. The molecule has 5 rings (SSSR count). The Hall–Kier alpha value is -3.11. The van der Waals surface area contributed by atoms with Crippen LogP contribution in [0.1, 0.15) is 37.4 Å². The molecule has 2 aliphatic rings. The summed E-state index contributed by atoms with van der Waals surface area (Å²) in [5.41, 5.74) is 2.48. The van der Waals surface area contributed by atoms with Gasteiger partial charge in [-0.2, -0.15) is 20.2 Å². The summed E-state index contributed by atoms with van der Waals surface area (Å²) in [5.74, 6) is -0.432. The Kier molecular flexibility index (Phi) is 5.03. The molecule has 10 heteroatoms. The lowest BCUT2D eigenvalue weighted by Gasteiger charge is -2.20. The van der Waals surface area contributed by atoms with E-state index in [1.807, 2.05) is 37.3 Å². The molecule has 1 N–H and O–H groups in total. The van der Waals surface area contributed by atoms with Gasteiger partial charge in [-0.05, 0) is 30.7 Å². The van der Waals surface area contributed by atoms with E-state index < -0.39 is 5.91 Å². The first-order valence-electron chi connectivity index (χ1n) is 10.0. The summed E-state index contributed by atoms with van der Waals surface area (Å²) in [6.45, 7) is 4.09. The third-order valence-electron chi connectivity index (χ3n) is 4.87. The van der Waals surface area contributed by atoms with E-state index in [9.17, 15) is 4.79 Å². The van der Waals surface area contributed by atoms with Crippen LogP contribution in [0.5, 0.6) is 0 Å². The molecule has 0 spiro atoms. The molecule has 0 unspecified atom stereocenters. The van der Waals surface area contributed by atoms with Gasteiger partial charge in [-0.3, -0.25) is 10.2 Å². The molecule has 0 fully saturated rings. The van der Waals surface area contributed by atoms with Gasteiger partial charge in [0.1, 0.15) is 10.1 Å². The van der Waals surface area contributed by atoms with Crippen molar-refractivity contribution in [2.24, 2.45) is 10.1 Å². The lowest BCUT2D eigenvalue weighted by molar-refractivity contribution is -0.114. The van der Waals surface area contributed by atoms with Crippen molar-refractivity contribution < 1.29 is 4.79 Å². The summed E-state index contributed by atoms with van der Waals surface area (Å²) in [5, 5.41) is 21.4. The minimum atomic E-state index is -0.450. The van der Waals surface area contributed by atoms with E-state index in [1.165, 1.54) is 16.8 Å². The Morgan fingerprint density at radius 2 is 2.00 bits per heavy atom. The van der Waals surface area contributed by atoms with Crippen LogP contribution in [0.3, 0.4) is 0 Å². The molecule has 156 valence electrons. The second-order valence-electron chi connectivity index (χ2n) is 7.02. The number of carbonyl (C=O) groups excluding carboxylic acids is 1. The highest BCUT2D eigenvalue weighted by Crippen LogP contribution is 2.32. The maximum absolute atomic E-state index is 12.8. The molecule has 0 saturated heterocycles. The zero-order chi connectivity index (χ0) is 21.5. The second-order valence-corrected chi connectivity index (χ2v) is 9.10. The average Bonchev–Trinajstić information content (AvgIpc) is 3.45. The largest absolute Gasteiger partial charge is 0.283 e. The molecule has 3 aromatic rings. The Labute approximate surface area is 186 Å². The molecule has 0 atom stereocenters. The number of thioether (sulfide) groups is 1. The van der Waals surface area contributed by atoms with Gasteiger partial charge in [0.2, 0.25) is 10.1 Å². The molecule has 0 aliphatic carbocycles. The number of amidine groups is 2. The summed E-state index contributed by atoms with van der Waals surface area (Å²) < 4.78 is 1.77. The van der Waals surface area contributed by atoms with E-state index in [4.69, 9.17) is 15.5 Å². The Morgan fingerprint density at radius 3 is 2.74 bits per heavy atom. The zero-order valence-electron chi connectivity index (χ0n) is 17.0. The molecular weight excluding hydrogens is 430 g/mol. The van der Waals surface area contributed by atoms with Gasteiger partial charge in [0.25, 0.3) is 5.91 Å². The zero-order valence-corrected chi connectivity index (χ0v) is 18.6. The highest BCUT2D eigenvalue weighted by atomic mass is 32.2. The molecule has 8 nitrogen and oxygen atoms in total. The van der Waals surface area contributed by atoms with Gasteiger partial charge in [-0.15, -0.1) is 0 Å². The fourth-order valence-electron chi connectivity index (χ4n) is 3.37. The van der Waals surface area contributed by atoms with Gasteiger partial charge in [0.15, 0.2) is 5.84 Å². The number of nitrogens with zero attached hydrogens (tertiary/aromatic N) is 6. The van der Waals surface area contributed by atoms with E-state index >= 15 is 0 Å². The summed E-state index contributed by atoms with van der Waals surface area (Å²) in [6.07, 6.45) is 4.25. The number of carbonyl (C=O) groups is 1. The Morgan fingerprint density at radius 1 is 1.19 bits per heavy atom. The van der Waals surface area contributed by atoms with Crippen molar-refractivity contribution in [1.29, 1.82) is 5.41 Å². The molecule has 1 amide bonds. The van der Waals surface area contributed by atoms with Crippen LogP contribution in [0.4, 0.5) is 0 Å². The number of hydrogen-bond donors (Lipinski definition) is 1. The highest BCUT2D eigenvalue weighted by molar-refractivity contribution is 8.26. The van der Waals surface area contributed by atoms with Crippen LogP contribution in [0.2, 0.25) is 0 Å². The Balaban J connectivity index is 1.67. The van der Waals surface area contributed by atoms with Crippen molar-refractivity contribution in [1.82, 2.24) is 19.6 Å². The SMILES string of the molecule is CCCc1nn2c(/C=C3/C(=N)N4N=C(CC)SC4=NC3=O)c(-c3ccccc3)nc2s1. The number of hydrogen-bond acceptors (Lipinski definition) is 7. The predicted octanol–water partition coefficient (Wildman–Crippen LogP) is 4.44. The molecule has 0 radical (unpaired) electrons. The van der Waals surface area contributed by atoms with E-state index in [0.29, 0.717) is 10.9 Å². The molecule has 2 aromatic heterocycles. The van der Waals surface area contributed by atoms with E-state index in [2.05, 4.69) is 17.0 Å². The average molecular weight is 450 g/mol. The third kappa shape index (κ3) is 3.41. The molecule has 4 heterocycles. The van der Waals surface area contributed by atoms with Crippen molar-refractivity contribution in [3.8, 4) is 11.3 Å². The molecule has 0 bridgehead atoms. The minimum absolute atomic E-state index is 0.0175. The van der Waals surface area contributed by atoms with Gasteiger partial charge in [-0.25, -0.2) is 9.50 Å². The van der Waals surface area contributed by atoms with Crippen molar-refractivity contribution in [2.75, 3.05) is 0 Å². The van der Waals surface area contributed by atoms with Crippen LogP contribution in [0.15, 0.2) is 46.0 Å². The van der Waals surface area contributed by atoms with E-state index in [1.54, 1.807) is 21.9 Å². The van der Waals surface area contributed by atoms with Crippen LogP contribution in [0, 0.1) is 5.41 Å².